The van der Waals surface area contributed by atoms with Crippen molar-refractivity contribution < 1.29 is 19.4 Å². The molecule has 20 heavy (non-hydrogen) atoms. The van der Waals surface area contributed by atoms with Crippen molar-refractivity contribution >= 4 is 5.97 Å². The van der Waals surface area contributed by atoms with Crippen LogP contribution in [0.4, 0.5) is 4.39 Å². The van der Waals surface area contributed by atoms with Crippen LogP contribution < -0.4 is 0 Å². The van der Waals surface area contributed by atoms with Crippen molar-refractivity contribution in [1.82, 2.24) is 15.0 Å². The van der Waals surface area contributed by atoms with Gasteiger partial charge < -0.3 is 10.2 Å². The van der Waals surface area contributed by atoms with Gasteiger partial charge in [-0.3, -0.25) is 0 Å². The monoisotopic (exact) mass is 279 g/mol. The minimum Gasteiger partial charge on any atom is -0.476 e. The molecule has 0 atom stereocenters. The third-order valence-electron chi connectivity index (χ3n) is 2.83. The van der Waals surface area contributed by atoms with Crippen molar-refractivity contribution in [2.75, 3.05) is 6.61 Å². The Morgan fingerprint density at radius 2 is 1.95 bits per heavy atom. The molecule has 2 rings (SSSR count). The molecule has 0 aliphatic heterocycles. The molecule has 1 heterocycles. The molecule has 2 N–H and O–H groups in total. The number of rotatable bonds is 6. The lowest BCUT2D eigenvalue weighted by atomic mass is 10.1. The van der Waals surface area contributed by atoms with Crippen LogP contribution in [0.5, 0.6) is 0 Å². The SMILES string of the molecule is O=C(O)c1nnn(CCCCO)c1-c1ccc(F)cc1. The van der Waals surface area contributed by atoms with E-state index in [2.05, 4.69) is 10.3 Å². The quantitative estimate of drug-likeness (QED) is 0.783. The number of aromatic carboxylic acids is 1. The number of unbranched alkanes of at least 4 members (excludes halogenated alkanes) is 1. The lowest BCUT2D eigenvalue weighted by Crippen LogP contribution is -2.05. The van der Waals surface area contributed by atoms with Crippen molar-refractivity contribution in [1.29, 1.82) is 0 Å². The van der Waals surface area contributed by atoms with E-state index < -0.39 is 11.8 Å². The number of aromatic nitrogens is 3. The van der Waals surface area contributed by atoms with E-state index in [1.165, 1.54) is 28.9 Å². The Morgan fingerprint density at radius 3 is 2.55 bits per heavy atom. The fourth-order valence-electron chi connectivity index (χ4n) is 1.88. The second-order valence-electron chi connectivity index (χ2n) is 4.25. The predicted molar refractivity (Wildman–Crippen MR) is 68.7 cm³/mol. The fraction of sp³-hybridized carbons (Fsp3) is 0.308. The summed E-state index contributed by atoms with van der Waals surface area (Å²) in [6.45, 7) is 0.500. The highest BCUT2D eigenvalue weighted by Crippen LogP contribution is 2.23. The summed E-state index contributed by atoms with van der Waals surface area (Å²) >= 11 is 0. The number of aryl methyl sites for hydroxylation is 1. The highest BCUT2D eigenvalue weighted by molar-refractivity contribution is 5.92. The maximum atomic E-state index is 13.0. The van der Waals surface area contributed by atoms with E-state index in [-0.39, 0.29) is 12.3 Å². The van der Waals surface area contributed by atoms with Gasteiger partial charge in [0.05, 0.1) is 0 Å². The van der Waals surface area contributed by atoms with E-state index in [0.29, 0.717) is 30.6 Å². The first-order valence-electron chi connectivity index (χ1n) is 6.17. The van der Waals surface area contributed by atoms with E-state index >= 15 is 0 Å². The molecule has 0 saturated heterocycles. The molecule has 0 radical (unpaired) electrons. The number of hydrogen-bond acceptors (Lipinski definition) is 4. The predicted octanol–water partition coefficient (Wildman–Crippen LogP) is 1.55. The first-order valence-corrected chi connectivity index (χ1v) is 6.17. The van der Waals surface area contributed by atoms with E-state index in [0.717, 1.165) is 0 Å². The Morgan fingerprint density at radius 1 is 1.25 bits per heavy atom. The maximum absolute atomic E-state index is 13.0. The van der Waals surface area contributed by atoms with Gasteiger partial charge in [-0.25, -0.2) is 13.9 Å². The molecule has 1 aromatic heterocycles. The number of carboxylic acid groups (broad SMARTS) is 1. The largest absolute Gasteiger partial charge is 0.476 e. The average Bonchev–Trinajstić information content (AvgIpc) is 2.84. The fourth-order valence-corrected chi connectivity index (χ4v) is 1.88. The zero-order valence-corrected chi connectivity index (χ0v) is 10.7. The van der Waals surface area contributed by atoms with Crippen molar-refractivity contribution in [3.05, 3.63) is 35.8 Å². The van der Waals surface area contributed by atoms with Gasteiger partial charge in [0.25, 0.3) is 0 Å². The molecular weight excluding hydrogens is 265 g/mol. The number of nitrogens with zero attached hydrogens (tertiary/aromatic N) is 3. The molecule has 7 heteroatoms. The van der Waals surface area contributed by atoms with Crippen molar-refractivity contribution in [2.24, 2.45) is 0 Å². The Balaban J connectivity index is 2.38. The van der Waals surface area contributed by atoms with Crippen LogP contribution >= 0.6 is 0 Å². The van der Waals surface area contributed by atoms with Crippen LogP contribution in [0.1, 0.15) is 23.3 Å². The van der Waals surface area contributed by atoms with Crippen LogP contribution in [-0.4, -0.2) is 37.8 Å². The van der Waals surface area contributed by atoms with Gasteiger partial charge in [0.2, 0.25) is 0 Å². The third kappa shape index (κ3) is 3.00. The minimum atomic E-state index is -1.18. The highest BCUT2D eigenvalue weighted by atomic mass is 19.1. The number of benzene rings is 1. The highest BCUT2D eigenvalue weighted by Gasteiger charge is 2.20. The number of aliphatic hydroxyl groups excluding tert-OH is 1. The number of aliphatic hydroxyl groups is 1. The van der Waals surface area contributed by atoms with Crippen molar-refractivity contribution in [2.45, 2.75) is 19.4 Å². The summed E-state index contributed by atoms with van der Waals surface area (Å²) in [5.41, 5.74) is 0.717. The summed E-state index contributed by atoms with van der Waals surface area (Å²) in [6.07, 6.45) is 1.23. The number of halogens is 1. The molecule has 0 spiro atoms. The minimum absolute atomic E-state index is 0.0619. The van der Waals surface area contributed by atoms with Gasteiger partial charge in [-0.1, -0.05) is 5.21 Å². The Hall–Kier alpha value is -2.28. The smallest absolute Gasteiger partial charge is 0.358 e. The van der Waals surface area contributed by atoms with Crippen LogP contribution in [0.3, 0.4) is 0 Å². The maximum Gasteiger partial charge on any atom is 0.358 e. The average molecular weight is 279 g/mol. The van der Waals surface area contributed by atoms with Crippen LogP contribution in [0.2, 0.25) is 0 Å². The van der Waals surface area contributed by atoms with Gasteiger partial charge >= 0.3 is 5.97 Å². The topological polar surface area (TPSA) is 88.2 Å². The summed E-state index contributed by atoms with van der Waals surface area (Å²) in [4.78, 5) is 11.2. The van der Waals surface area contributed by atoms with Gasteiger partial charge in [0.1, 0.15) is 11.5 Å². The summed E-state index contributed by atoms with van der Waals surface area (Å²) in [7, 11) is 0. The van der Waals surface area contributed by atoms with Gasteiger partial charge in [0.15, 0.2) is 5.69 Å². The van der Waals surface area contributed by atoms with Gasteiger partial charge in [-0.05, 0) is 37.1 Å². The van der Waals surface area contributed by atoms with E-state index in [1.54, 1.807) is 0 Å². The molecule has 0 amide bonds. The van der Waals surface area contributed by atoms with Gasteiger partial charge in [0, 0.05) is 18.7 Å². The van der Waals surface area contributed by atoms with Crippen LogP contribution in [0, 0.1) is 5.82 Å². The normalized spacial score (nSPS) is 10.7. The molecule has 0 saturated carbocycles. The first kappa shape index (κ1) is 14.1. The second kappa shape index (κ2) is 6.25. The second-order valence-corrected chi connectivity index (χ2v) is 4.25. The number of carboxylic acids is 1. The standard InChI is InChI=1S/C13H14FN3O3/c14-10-5-3-9(4-6-10)12-11(13(19)20)15-16-17(12)7-1-2-8-18/h3-6,18H,1-2,7-8H2,(H,19,20). The van der Waals surface area contributed by atoms with E-state index in [4.69, 9.17) is 10.2 Å². The first-order chi connectivity index (χ1) is 9.63. The van der Waals surface area contributed by atoms with Crippen LogP contribution in [0.15, 0.2) is 24.3 Å². The summed E-state index contributed by atoms with van der Waals surface area (Å²) in [6, 6.07) is 5.49. The van der Waals surface area contributed by atoms with Crippen molar-refractivity contribution in [3.63, 3.8) is 0 Å². The van der Waals surface area contributed by atoms with Gasteiger partial charge in [-0.2, -0.15) is 0 Å². The molecule has 6 nitrogen and oxygen atoms in total. The molecular formula is C13H14FN3O3. The zero-order chi connectivity index (χ0) is 14.5. The Kier molecular flexibility index (Phi) is 4.41. The number of carbonyl (C=O) groups is 1. The molecule has 0 fully saturated rings. The van der Waals surface area contributed by atoms with Crippen LogP contribution in [-0.2, 0) is 6.54 Å². The Labute approximate surface area is 114 Å². The van der Waals surface area contributed by atoms with Gasteiger partial charge in [-0.15, -0.1) is 5.10 Å². The molecule has 2 aromatic rings. The summed E-state index contributed by atoms with van der Waals surface area (Å²) < 4.78 is 14.4. The zero-order valence-electron chi connectivity index (χ0n) is 10.7. The van der Waals surface area contributed by atoms with E-state index in [9.17, 15) is 9.18 Å². The molecule has 0 aliphatic rings. The Bertz CT molecular complexity index is 595. The molecule has 1 aromatic carbocycles. The lowest BCUT2D eigenvalue weighted by molar-refractivity contribution is 0.0691. The summed E-state index contributed by atoms with van der Waals surface area (Å²) in [5, 5.41) is 25.4. The number of hydrogen-bond donors (Lipinski definition) is 2. The lowest BCUT2D eigenvalue weighted by Gasteiger charge is -2.06. The van der Waals surface area contributed by atoms with Crippen LogP contribution in [0.25, 0.3) is 11.3 Å². The molecule has 106 valence electrons. The molecule has 0 aliphatic carbocycles. The molecule has 0 unspecified atom stereocenters. The summed E-state index contributed by atoms with van der Waals surface area (Å²) in [5.74, 6) is -1.58. The van der Waals surface area contributed by atoms with E-state index in [1.807, 2.05) is 0 Å². The third-order valence-corrected chi connectivity index (χ3v) is 2.83. The van der Waals surface area contributed by atoms with Crippen molar-refractivity contribution in [3.8, 4) is 11.3 Å². The molecule has 0 bridgehead atoms.